The minimum atomic E-state index is -0.571. The molecule has 0 radical (unpaired) electrons. The molecule has 1 aromatic heterocycles. The summed E-state index contributed by atoms with van der Waals surface area (Å²) in [4.78, 5) is 13.0. The average molecular weight is 460 g/mol. The molecule has 4 rings (SSSR count). The van der Waals surface area contributed by atoms with E-state index < -0.39 is 11.2 Å². The lowest BCUT2D eigenvalue weighted by Crippen LogP contribution is -2.04. The molecule has 7 heteroatoms. The summed E-state index contributed by atoms with van der Waals surface area (Å²) in [6, 6.07) is 15.8. The summed E-state index contributed by atoms with van der Waals surface area (Å²) >= 11 is 0. The van der Waals surface area contributed by atoms with Crippen LogP contribution in [-0.2, 0) is 0 Å². The number of hydrogen-bond acceptors (Lipinski definition) is 7. The van der Waals surface area contributed by atoms with Crippen molar-refractivity contribution in [2.24, 2.45) is 0 Å². The molecule has 34 heavy (non-hydrogen) atoms. The minimum Gasteiger partial charge on any atom is -0.502 e. The van der Waals surface area contributed by atoms with E-state index >= 15 is 0 Å². The van der Waals surface area contributed by atoms with Crippen LogP contribution in [0.15, 0.2) is 63.8 Å². The molecule has 0 unspecified atom stereocenters. The molecule has 7 nitrogen and oxygen atoms in total. The van der Waals surface area contributed by atoms with E-state index in [4.69, 9.17) is 23.4 Å². The first-order valence-corrected chi connectivity index (χ1v) is 10.4. The summed E-state index contributed by atoms with van der Waals surface area (Å²) in [5, 5.41) is 11.1. The second-order valence-corrected chi connectivity index (χ2v) is 7.37. The number of fused-ring (bicyclic) bond motifs is 1. The summed E-state index contributed by atoms with van der Waals surface area (Å²) in [7, 11) is 6.16. The third-order valence-corrected chi connectivity index (χ3v) is 5.43. The van der Waals surface area contributed by atoms with E-state index in [9.17, 15) is 9.90 Å². The van der Waals surface area contributed by atoms with E-state index in [1.54, 1.807) is 38.5 Å². The van der Waals surface area contributed by atoms with Gasteiger partial charge in [-0.25, -0.2) is 0 Å². The average Bonchev–Trinajstić information content (AvgIpc) is 2.89. The van der Waals surface area contributed by atoms with Gasteiger partial charge in [0.2, 0.25) is 11.2 Å². The highest BCUT2D eigenvalue weighted by Gasteiger charge is 2.22. The van der Waals surface area contributed by atoms with Crippen LogP contribution in [-0.4, -0.2) is 33.5 Å². The van der Waals surface area contributed by atoms with Gasteiger partial charge >= 0.3 is 0 Å². The van der Waals surface area contributed by atoms with Crippen molar-refractivity contribution < 1.29 is 28.5 Å². The Morgan fingerprint density at radius 1 is 0.765 bits per heavy atom. The van der Waals surface area contributed by atoms with Gasteiger partial charge in [0.15, 0.2) is 5.76 Å². The molecule has 0 atom stereocenters. The molecule has 4 aromatic rings. The fraction of sp³-hybridized carbons (Fsp3) is 0.148. The predicted molar refractivity (Wildman–Crippen MR) is 131 cm³/mol. The van der Waals surface area contributed by atoms with Gasteiger partial charge in [-0.2, -0.15) is 0 Å². The lowest BCUT2D eigenvalue weighted by atomic mass is 10.00. The van der Waals surface area contributed by atoms with Gasteiger partial charge in [-0.05, 0) is 47.5 Å². The number of rotatable bonds is 7. The van der Waals surface area contributed by atoms with Crippen molar-refractivity contribution in [1.82, 2.24) is 0 Å². The topological polar surface area (TPSA) is 87.4 Å². The van der Waals surface area contributed by atoms with Crippen LogP contribution in [0.2, 0.25) is 0 Å². The smallest absolute Gasteiger partial charge is 0.235 e. The Labute approximate surface area is 196 Å². The van der Waals surface area contributed by atoms with Crippen molar-refractivity contribution in [1.29, 1.82) is 0 Å². The molecule has 3 aromatic carbocycles. The fourth-order valence-electron chi connectivity index (χ4n) is 3.63. The van der Waals surface area contributed by atoms with E-state index in [1.165, 1.54) is 20.3 Å². The second kappa shape index (κ2) is 9.62. The number of ether oxygens (including phenoxy) is 4. The van der Waals surface area contributed by atoms with E-state index in [0.29, 0.717) is 34.0 Å². The van der Waals surface area contributed by atoms with Crippen molar-refractivity contribution in [2.75, 3.05) is 28.4 Å². The van der Waals surface area contributed by atoms with Gasteiger partial charge in [0.1, 0.15) is 28.6 Å². The number of hydrogen-bond donors (Lipinski definition) is 1. The maximum Gasteiger partial charge on any atom is 0.235 e. The van der Waals surface area contributed by atoms with Crippen molar-refractivity contribution in [3.63, 3.8) is 0 Å². The highest BCUT2D eigenvalue weighted by atomic mass is 16.5. The van der Waals surface area contributed by atoms with Crippen LogP contribution >= 0.6 is 0 Å². The van der Waals surface area contributed by atoms with Crippen molar-refractivity contribution in [3.8, 4) is 40.1 Å². The van der Waals surface area contributed by atoms with Gasteiger partial charge in [0, 0.05) is 6.07 Å². The number of aromatic hydroxyl groups is 1. The van der Waals surface area contributed by atoms with Gasteiger partial charge in [0.05, 0.1) is 39.4 Å². The van der Waals surface area contributed by atoms with E-state index in [2.05, 4.69) is 0 Å². The second-order valence-electron chi connectivity index (χ2n) is 7.37. The van der Waals surface area contributed by atoms with Crippen molar-refractivity contribution >= 4 is 23.1 Å². The molecular formula is C27H24O7. The largest absolute Gasteiger partial charge is 0.502 e. The molecule has 0 aliphatic carbocycles. The zero-order chi connectivity index (χ0) is 24.2. The molecule has 1 heterocycles. The fourth-order valence-corrected chi connectivity index (χ4v) is 3.63. The molecule has 0 aliphatic heterocycles. The zero-order valence-electron chi connectivity index (χ0n) is 19.2. The lowest BCUT2D eigenvalue weighted by Gasteiger charge is -2.15. The van der Waals surface area contributed by atoms with Crippen molar-refractivity contribution in [3.05, 3.63) is 75.9 Å². The maximum atomic E-state index is 13.0. The van der Waals surface area contributed by atoms with Crippen LogP contribution in [0, 0.1) is 0 Å². The first-order chi connectivity index (χ1) is 16.5. The summed E-state index contributed by atoms with van der Waals surface area (Å²) in [6.45, 7) is 0. The summed E-state index contributed by atoms with van der Waals surface area (Å²) < 4.78 is 27.4. The lowest BCUT2D eigenvalue weighted by molar-refractivity contribution is 0.393. The minimum absolute atomic E-state index is 0.00319. The highest BCUT2D eigenvalue weighted by Crippen LogP contribution is 2.42. The van der Waals surface area contributed by atoms with Gasteiger partial charge in [-0.3, -0.25) is 4.79 Å². The zero-order valence-corrected chi connectivity index (χ0v) is 19.2. The molecule has 1 N–H and O–H groups in total. The summed E-state index contributed by atoms with van der Waals surface area (Å²) in [6.07, 6.45) is 3.72. The highest BCUT2D eigenvalue weighted by molar-refractivity contribution is 5.89. The maximum absolute atomic E-state index is 13.0. The van der Waals surface area contributed by atoms with Crippen LogP contribution < -0.4 is 24.4 Å². The Balaban J connectivity index is 1.93. The Morgan fingerprint density at radius 3 is 2.09 bits per heavy atom. The molecular weight excluding hydrogens is 436 g/mol. The van der Waals surface area contributed by atoms with E-state index in [0.717, 1.165) is 11.3 Å². The number of methoxy groups -OCH3 is 4. The van der Waals surface area contributed by atoms with Crippen LogP contribution in [0.4, 0.5) is 0 Å². The van der Waals surface area contributed by atoms with Gasteiger partial charge in [-0.15, -0.1) is 0 Å². The molecule has 0 spiro atoms. The van der Waals surface area contributed by atoms with Crippen LogP contribution in [0.1, 0.15) is 11.1 Å². The molecule has 0 saturated heterocycles. The molecule has 0 amide bonds. The Kier molecular flexibility index (Phi) is 6.45. The van der Waals surface area contributed by atoms with Gasteiger partial charge in [-0.1, -0.05) is 24.3 Å². The third kappa shape index (κ3) is 4.28. The number of benzene rings is 3. The van der Waals surface area contributed by atoms with Crippen molar-refractivity contribution in [2.45, 2.75) is 0 Å². The van der Waals surface area contributed by atoms with E-state index in [-0.39, 0.29) is 11.1 Å². The van der Waals surface area contributed by atoms with Crippen LogP contribution in [0.5, 0.6) is 28.7 Å². The van der Waals surface area contributed by atoms with Gasteiger partial charge < -0.3 is 28.5 Å². The van der Waals surface area contributed by atoms with E-state index in [1.807, 2.05) is 36.4 Å². The predicted octanol–water partition coefficient (Wildman–Crippen LogP) is 5.37. The first kappa shape index (κ1) is 22.8. The molecule has 0 bridgehead atoms. The first-order valence-electron chi connectivity index (χ1n) is 10.4. The molecule has 0 saturated carbocycles. The molecule has 174 valence electrons. The molecule has 0 fully saturated rings. The monoisotopic (exact) mass is 460 g/mol. The van der Waals surface area contributed by atoms with Crippen LogP contribution in [0.25, 0.3) is 34.4 Å². The van der Waals surface area contributed by atoms with Crippen LogP contribution in [0.3, 0.4) is 0 Å². The standard InChI is InChI=1S/C27H24O7/c1-30-18-9-6-16(7-10-18)5-8-17-13-20(32-3)15-23(33-4)24(17)27-26(29)25(28)21-14-19(31-2)11-12-22(21)34-27/h5-15,29H,1-4H3/b8-5+. The molecule has 0 aliphatic rings. The Bertz CT molecular complexity index is 1420. The quantitative estimate of drug-likeness (QED) is 0.371. The summed E-state index contributed by atoms with van der Waals surface area (Å²) in [5.41, 5.74) is 1.70. The normalized spacial score (nSPS) is 11.1. The Hall–Kier alpha value is -4.39. The van der Waals surface area contributed by atoms with Gasteiger partial charge in [0.25, 0.3) is 0 Å². The summed E-state index contributed by atoms with van der Waals surface area (Å²) in [5.74, 6) is 1.62. The third-order valence-electron chi connectivity index (χ3n) is 5.43. The Morgan fingerprint density at radius 2 is 1.44 bits per heavy atom. The SMILES string of the molecule is COc1ccc(/C=C/c2cc(OC)cc(OC)c2-c2oc3ccc(OC)cc3c(=O)c2O)cc1.